The Bertz CT molecular complexity index is 1140. The van der Waals surface area contributed by atoms with E-state index in [0.717, 1.165) is 4.70 Å². The molecule has 26 heavy (non-hydrogen) atoms. The Balaban J connectivity index is 1.57. The van der Waals surface area contributed by atoms with Crippen molar-refractivity contribution in [1.29, 1.82) is 0 Å². The van der Waals surface area contributed by atoms with Gasteiger partial charge in [0, 0.05) is 35.5 Å². The van der Waals surface area contributed by atoms with Gasteiger partial charge in [-0.25, -0.2) is 0 Å². The molecule has 0 atom stereocenters. The predicted octanol–water partition coefficient (Wildman–Crippen LogP) is 2.85. The van der Waals surface area contributed by atoms with Crippen molar-refractivity contribution in [3.05, 3.63) is 51.5 Å². The third kappa shape index (κ3) is 2.80. The molecule has 0 fully saturated rings. The number of aromatic nitrogens is 4. The van der Waals surface area contributed by atoms with E-state index in [1.165, 1.54) is 23.5 Å². The Morgan fingerprint density at radius 2 is 2.15 bits per heavy atom. The molecule has 0 aliphatic rings. The first-order chi connectivity index (χ1) is 12.5. The maximum atomic E-state index is 12.4. The van der Waals surface area contributed by atoms with E-state index in [0.29, 0.717) is 16.0 Å². The molecule has 0 radical (unpaired) electrons. The SMILES string of the molecule is Cn1nccc1-c1nnc(NC(=O)c2cc3cc([N+](=O)[O-])ccc3s2)o1. The Labute approximate surface area is 149 Å². The van der Waals surface area contributed by atoms with Crippen LogP contribution in [0, 0.1) is 10.1 Å². The summed E-state index contributed by atoms with van der Waals surface area (Å²) in [5, 5.41) is 25.7. The van der Waals surface area contributed by atoms with Gasteiger partial charge in [-0.3, -0.25) is 24.9 Å². The molecular formula is C15H10N6O4S. The van der Waals surface area contributed by atoms with Crippen LogP contribution in [0.4, 0.5) is 11.7 Å². The molecule has 0 saturated carbocycles. The zero-order valence-corrected chi connectivity index (χ0v) is 14.1. The number of carbonyl (C=O) groups excluding carboxylic acids is 1. The summed E-state index contributed by atoms with van der Waals surface area (Å²) < 4.78 is 7.76. The lowest BCUT2D eigenvalue weighted by Crippen LogP contribution is -2.10. The van der Waals surface area contributed by atoms with Crippen molar-refractivity contribution in [2.24, 2.45) is 7.05 Å². The van der Waals surface area contributed by atoms with E-state index in [9.17, 15) is 14.9 Å². The van der Waals surface area contributed by atoms with Crippen molar-refractivity contribution < 1.29 is 14.1 Å². The molecule has 4 rings (SSSR count). The number of rotatable bonds is 4. The Kier molecular flexibility index (Phi) is 3.69. The molecule has 4 aromatic rings. The molecule has 0 aliphatic heterocycles. The zero-order chi connectivity index (χ0) is 18.3. The maximum Gasteiger partial charge on any atom is 0.322 e. The van der Waals surface area contributed by atoms with Gasteiger partial charge in [0.1, 0.15) is 5.69 Å². The number of amides is 1. The van der Waals surface area contributed by atoms with E-state index in [1.807, 2.05) is 0 Å². The minimum atomic E-state index is -0.477. The monoisotopic (exact) mass is 370 g/mol. The molecule has 0 spiro atoms. The first-order valence-electron chi connectivity index (χ1n) is 7.32. The first-order valence-corrected chi connectivity index (χ1v) is 8.14. The molecule has 0 saturated heterocycles. The van der Waals surface area contributed by atoms with Crippen LogP contribution < -0.4 is 5.32 Å². The summed E-state index contributed by atoms with van der Waals surface area (Å²) in [7, 11) is 1.73. The van der Waals surface area contributed by atoms with Gasteiger partial charge in [-0.2, -0.15) is 5.10 Å². The van der Waals surface area contributed by atoms with Crippen LogP contribution in [-0.2, 0) is 7.05 Å². The number of carbonyl (C=O) groups is 1. The normalized spacial score (nSPS) is 11.0. The predicted molar refractivity (Wildman–Crippen MR) is 92.9 cm³/mol. The van der Waals surface area contributed by atoms with Gasteiger partial charge >= 0.3 is 6.01 Å². The van der Waals surface area contributed by atoms with Crippen molar-refractivity contribution in [3.8, 4) is 11.6 Å². The van der Waals surface area contributed by atoms with Gasteiger partial charge in [-0.1, -0.05) is 5.10 Å². The molecule has 0 aliphatic carbocycles. The highest BCUT2D eigenvalue weighted by molar-refractivity contribution is 7.20. The summed E-state index contributed by atoms with van der Waals surface area (Å²) in [5.74, 6) is -0.207. The fourth-order valence-corrected chi connectivity index (χ4v) is 3.31. The van der Waals surface area contributed by atoms with Crippen LogP contribution in [0.25, 0.3) is 21.7 Å². The number of non-ortho nitro benzene ring substituents is 1. The summed E-state index contributed by atoms with van der Waals surface area (Å²) in [6.45, 7) is 0. The van der Waals surface area contributed by atoms with Crippen molar-refractivity contribution in [2.75, 3.05) is 5.32 Å². The molecule has 0 bridgehead atoms. The lowest BCUT2D eigenvalue weighted by molar-refractivity contribution is -0.384. The Morgan fingerprint density at radius 1 is 1.31 bits per heavy atom. The molecule has 1 aromatic carbocycles. The number of hydrogen-bond acceptors (Lipinski definition) is 8. The lowest BCUT2D eigenvalue weighted by atomic mass is 10.2. The zero-order valence-electron chi connectivity index (χ0n) is 13.2. The average Bonchev–Trinajstić information content (AvgIpc) is 3.32. The number of nitro groups is 1. The second-order valence-electron chi connectivity index (χ2n) is 5.30. The van der Waals surface area contributed by atoms with Crippen LogP contribution in [0.1, 0.15) is 9.67 Å². The van der Waals surface area contributed by atoms with Crippen LogP contribution >= 0.6 is 11.3 Å². The molecule has 3 heterocycles. The van der Waals surface area contributed by atoms with Gasteiger partial charge in [-0.15, -0.1) is 16.4 Å². The highest BCUT2D eigenvalue weighted by Crippen LogP contribution is 2.29. The number of nitro benzene ring substituents is 1. The van der Waals surface area contributed by atoms with Crippen LogP contribution in [0.3, 0.4) is 0 Å². The standard InChI is InChI=1S/C15H10N6O4S/c1-20-10(4-5-16-20)14-18-19-15(25-14)17-13(22)12-7-8-6-9(21(23)24)2-3-11(8)26-12/h2-7H,1H3,(H,17,19,22). The number of thiophene rings is 1. The van der Waals surface area contributed by atoms with Crippen molar-refractivity contribution in [2.45, 2.75) is 0 Å². The quantitative estimate of drug-likeness (QED) is 0.432. The summed E-state index contributed by atoms with van der Waals surface area (Å²) in [6.07, 6.45) is 1.59. The van der Waals surface area contributed by atoms with Crippen LogP contribution in [0.2, 0.25) is 0 Å². The molecule has 1 amide bonds. The summed E-state index contributed by atoms with van der Waals surface area (Å²) in [4.78, 5) is 23.1. The molecule has 1 N–H and O–H groups in total. The highest BCUT2D eigenvalue weighted by atomic mass is 32.1. The van der Waals surface area contributed by atoms with E-state index < -0.39 is 10.8 Å². The molecule has 11 heteroatoms. The van der Waals surface area contributed by atoms with Crippen molar-refractivity contribution >= 4 is 39.0 Å². The molecular weight excluding hydrogens is 360 g/mol. The van der Waals surface area contributed by atoms with Crippen molar-refractivity contribution in [1.82, 2.24) is 20.0 Å². The van der Waals surface area contributed by atoms with Gasteiger partial charge in [0.05, 0.1) is 9.80 Å². The molecule has 3 aromatic heterocycles. The van der Waals surface area contributed by atoms with Crippen LogP contribution in [0.5, 0.6) is 0 Å². The summed E-state index contributed by atoms with van der Waals surface area (Å²) in [6, 6.07) is 7.68. The Morgan fingerprint density at radius 3 is 2.88 bits per heavy atom. The minimum absolute atomic E-state index is 0.0278. The minimum Gasteiger partial charge on any atom is -0.401 e. The number of nitrogens with one attached hydrogen (secondary N) is 1. The fourth-order valence-electron chi connectivity index (χ4n) is 2.38. The topological polar surface area (TPSA) is 129 Å². The number of anilines is 1. The van der Waals surface area contributed by atoms with Gasteiger partial charge < -0.3 is 4.42 Å². The van der Waals surface area contributed by atoms with E-state index in [2.05, 4.69) is 20.6 Å². The fraction of sp³-hybridized carbons (Fsp3) is 0.0667. The Hall–Kier alpha value is -3.60. The van der Waals surface area contributed by atoms with Gasteiger partial charge in [-0.05, 0) is 18.2 Å². The summed E-state index contributed by atoms with van der Waals surface area (Å²) in [5.41, 5.74) is 0.590. The molecule has 0 unspecified atom stereocenters. The van der Waals surface area contributed by atoms with Gasteiger partial charge in [0.25, 0.3) is 17.5 Å². The van der Waals surface area contributed by atoms with E-state index in [1.54, 1.807) is 36.1 Å². The molecule has 10 nitrogen and oxygen atoms in total. The molecule has 130 valence electrons. The number of nitrogens with zero attached hydrogens (tertiary/aromatic N) is 5. The second kappa shape index (κ2) is 6.04. The lowest BCUT2D eigenvalue weighted by Gasteiger charge is -1.96. The largest absolute Gasteiger partial charge is 0.401 e. The number of benzene rings is 1. The van der Waals surface area contributed by atoms with Crippen LogP contribution in [-0.4, -0.2) is 30.8 Å². The maximum absolute atomic E-state index is 12.4. The number of fused-ring (bicyclic) bond motifs is 1. The second-order valence-corrected chi connectivity index (χ2v) is 6.38. The smallest absolute Gasteiger partial charge is 0.322 e. The average molecular weight is 370 g/mol. The number of aryl methyl sites for hydroxylation is 1. The van der Waals surface area contributed by atoms with Crippen molar-refractivity contribution in [3.63, 3.8) is 0 Å². The third-order valence-corrected chi connectivity index (χ3v) is 4.73. The van der Waals surface area contributed by atoms with Crippen LogP contribution in [0.15, 0.2) is 40.9 Å². The van der Waals surface area contributed by atoms with E-state index in [4.69, 9.17) is 4.42 Å². The van der Waals surface area contributed by atoms with Gasteiger partial charge in [0.15, 0.2) is 0 Å². The van der Waals surface area contributed by atoms with E-state index >= 15 is 0 Å². The highest BCUT2D eigenvalue weighted by Gasteiger charge is 2.17. The first kappa shape index (κ1) is 15.9. The summed E-state index contributed by atoms with van der Waals surface area (Å²) >= 11 is 1.21. The van der Waals surface area contributed by atoms with Gasteiger partial charge in [0.2, 0.25) is 0 Å². The number of hydrogen-bond donors (Lipinski definition) is 1. The third-order valence-electron chi connectivity index (χ3n) is 3.62. The van der Waals surface area contributed by atoms with E-state index in [-0.39, 0.29) is 17.6 Å².